The molecule has 4 heteroatoms. The molecular formula is C12H12BrNO2. The summed E-state index contributed by atoms with van der Waals surface area (Å²) < 4.78 is 5.97. The Balaban J connectivity index is 2.31. The van der Waals surface area contributed by atoms with Gasteiger partial charge in [-0.2, -0.15) is 0 Å². The zero-order chi connectivity index (χ0) is 11.5. The monoisotopic (exact) mass is 281 g/mol. The molecule has 0 aliphatic heterocycles. The number of aliphatic hydroxyl groups excluding tert-OH is 1. The molecule has 2 rings (SSSR count). The number of methoxy groups -OCH3 is 1. The number of hydrogen-bond acceptors (Lipinski definition) is 2. The van der Waals surface area contributed by atoms with Crippen molar-refractivity contribution in [1.82, 2.24) is 4.98 Å². The Kier molecular flexibility index (Phi) is 3.31. The van der Waals surface area contributed by atoms with Crippen LogP contribution in [0.2, 0.25) is 0 Å². The van der Waals surface area contributed by atoms with E-state index in [-0.39, 0.29) is 0 Å². The summed E-state index contributed by atoms with van der Waals surface area (Å²) in [5.74, 6) is 0.755. The van der Waals surface area contributed by atoms with E-state index in [1.165, 1.54) is 0 Å². The van der Waals surface area contributed by atoms with Crippen LogP contribution in [0.1, 0.15) is 17.2 Å². The first-order valence-electron chi connectivity index (χ1n) is 4.86. The van der Waals surface area contributed by atoms with Crippen LogP contribution >= 0.6 is 15.9 Å². The van der Waals surface area contributed by atoms with Crippen LogP contribution in [0.15, 0.2) is 41.1 Å². The van der Waals surface area contributed by atoms with E-state index in [1.54, 1.807) is 19.5 Å². The van der Waals surface area contributed by atoms with Crippen molar-refractivity contribution in [2.75, 3.05) is 7.11 Å². The standard InChI is InChI=1S/C12H12BrNO2/c1-16-11-3-2-8(6-10(11)13)12(15)9-4-5-14-7-9/h2-7,12,14-15H,1H3. The molecule has 3 nitrogen and oxygen atoms in total. The third-order valence-electron chi connectivity index (χ3n) is 2.43. The van der Waals surface area contributed by atoms with Gasteiger partial charge in [-0.3, -0.25) is 0 Å². The second-order valence-electron chi connectivity index (χ2n) is 3.44. The van der Waals surface area contributed by atoms with Crippen molar-refractivity contribution in [2.45, 2.75) is 6.10 Å². The lowest BCUT2D eigenvalue weighted by Gasteiger charge is -2.11. The number of rotatable bonds is 3. The Bertz CT molecular complexity index is 468. The molecule has 0 aliphatic carbocycles. The van der Waals surface area contributed by atoms with Crippen LogP contribution < -0.4 is 4.74 Å². The van der Waals surface area contributed by atoms with E-state index in [0.717, 1.165) is 21.3 Å². The number of halogens is 1. The maximum Gasteiger partial charge on any atom is 0.133 e. The lowest BCUT2D eigenvalue weighted by molar-refractivity contribution is 0.220. The number of aromatic amines is 1. The van der Waals surface area contributed by atoms with Gasteiger partial charge < -0.3 is 14.8 Å². The number of aromatic nitrogens is 1. The summed E-state index contributed by atoms with van der Waals surface area (Å²) in [5.41, 5.74) is 1.67. The third kappa shape index (κ3) is 2.13. The van der Waals surface area contributed by atoms with Crippen molar-refractivity contribution in [3.8, 4) is 5.75 Å². The summed E-state index contributed by atoms with van der Waals surface area (Å²) in [6, 6.07) is 7.38. The number of aliphatic hydroxyl groups is 1. The summed E-state index contributed by atoms with van der Waals surface area (Å²) >= 11 is 3.39. The van der Waals surface area contributed by atoms with Crippen molar-refractivity contribution in [3.05, 3.63) is 52.3 Å². The minimum absolute atomic E-state index is 0.617. The summed E-state index contributed by atoms with van der Waals surface area (Å²) in [5, 5.41) is 10.1. The molecule has 1 aromatic carbocycles. The van der Waals surface area contributed by atoms with Gasteiger partial charge in [0, 0.05) is 18.0 Å². The van der Waals surface area contributed by atoms with Crippen LogP contribution in [-0.4, -0.2) is 17.2 Å². The predicted molar refractivity (Wildman–Crippen MR) is 65.5 cm³/mol. The van der Waals surface area contributed by atoms with Gasteiger partial charge in [0.25, 0.3) is 0 Å². The number of hydrogen-bond donors (Lipinski definition) is 2. The Hall–Kier alpha value is -1.26. The molecule has 0 saturated carbocycles. The van der Waals surface area contributed by atoms with Crippen molar-refractivity contribution in [1.29, 1.82) is 0 Å². The first-order chi connectivity index (χ1) is 7.72. The molecule has 1 heterocycles. The molecule has 1 aromatic heterocycles. The highest BCUT2D eigenvalue weighted by molar-refractivity contribution is 9.10. The van der Waals surface area contributed by atoms with E-state index in [9.17, 15) is 5.11 Å². The molecular weight excluding hydrogens is 270 g/mol. The van der Waals surface area contributed by atoms with Crippen LogP contribution in [0.25, 0.3) is 0 Å². The summed E-state index contributed by atoms with van der Waals surface area (Å²) in [4.78, 5) is 2.92. The summed E-state index contributed by atoms with van der Waals surface area (Å²) in [7, 11) is 1.61. The predicted octanol–water partition coefficient (Wildman–Crippen LogP) is 2.87. The molecule has 16 heavy (non-hydrogen) atoms. The third-order valence-corrected chi connectivity index (χ3v) is 3.05. The molecule has 0 spiro atoms. The van der Waals surface area contributed by atoms with Crippen LogP contribution in [0, 0.1) is 0 Å². The van der Waals surface area contributed by atoms with E-state index >= 15 is 0 Å². The molecule has 0 saturated heterocycles. The van der Waals surface area contributed by atoms with Gasteiger partial charge in [-0.05, 0) is 39.7 Å². The van der Waals surface area contributed by atoms with Crippen molar-refractivity contribution >= 4 is 15.9 Å². The number of H-pyrrole nitrogens is 1. The van der Waals surface area contributed by atoms with Gasteiger partial charge in [0.2, 0.25) is 0 Å². The van der Waals surface area contributed by atoms with Gasteiger partial charge in [-0.25, -0.2) is 0 Å². The summed E-state index contributed by atoms with van der Waals surface area (Å²) in [6.45, 7) is 0. The van der Waals surface area contributed by atoms with E-state index in [2.05, 4.69) is 20.9 Å². The van der Waals surface area contributed by atoms with Gasteiger partial charge in [-0.1, -0.05) is 6.07 Å². The first kappa shape index (κ1) is 11.2. The SMILES string of the molecule is COc1ccc(C(O)c2cc[nH]c2)cc1Br. The maximum atomic E-state index is 10.1. The number of nitrogens with one attached hydrogen (secondary N) is 1. The fraction of sp³-hybridized carbons (Fsp3) is 0.167. The van der Waals surface area contributed by atoms with Gasteiger partial charge in [-0.15, -0.1) is 0 Å². The van der Waals surface area contributed by atoms with Gasteiger partial charge in [0.15, 0.2) is 0 Å². The number of ether oxygens (including phenoxy) is 1. The Morgan fingerprint density at radius 3 is 2.69 bits per heavy atom. The lowest BCUT2D eigenvalue weighted by Crippen LogP contribution is -1.98. The van der Waals surface area contributed by atoms with Crippen molar-refractivity contribution in [2.24, 2.45) is 0 Å². The second kappa shape index (κ2) is 4.72. The molecule has 2 aromatic rings. The zero-order valence-corrected chi connectivity index (χ0v) is 10.4. The highest BCUT2D eigenvalue weighted by Gasteiger charge is 2.12. The summed E-state index contributed by atoms with van der Waals surface area (Å²) in [6.07, 6.45) is 2.95. The van der Waals surface area contributed by atoms with Gasteiger partial charge in [0.05, 0.1) is 11.6 Å². The zero-order valence-electron chi connectivity index (χ0n) is 8.77. The quantitative estimate of drug-likeness (QED) is 0.909. The molecule has 0 amide bonds. The topological polar surface area (TPSA) is 45.2 Å². The van der Waals surface area contributed by atoms with Gasteiger partial charge >= 0.3 is 0 Å². The van der Waals surface area contributed by atoms with Crippen LogP contribution in [-0.2, 0) is 0 Å². The van der Waals surface area contributed by atoms with Crippen LogP contribution in [0.5, 0.6) is 5.75 Å². The minimum Gasteiger partial charge on any atom is -0.496 e. The Labute approximate surface area is 102 Å². The van der Waals surface area contributed by atoms with Crippen molar-refractivity contribution in [3.63, 3.8) is 0 Å². The maximum absolute atomic E-state index is 10.1. The molecule has 0 fully saturated rings. The van der Waals surface area contributed by atoms with Crippen LogP contribution in [0.4, 0.5) is 0 Å². The highest BCUT2D eigenvalue weighted by atomic mass is 79.9. The Morgan fingerprint density at radius 2 is 2.12 bits per heavy atom. The lowest BCUT2D eigenvalue weighted by atomic mass is 10.0. The smallest absolute Gasteiger partial charge is 0.133 e. The molecule has 0 radical (unpaired) electrons. The average Bonchev–Trinajstić information content (AvgIpc) is 2.81. The fourth-order valence-corrected chi connectivity index (χ4v) is 2.11. The highest BCUT2D eigenvalue weighted by Crippen LogP contribution is 2.30. The Morgan fingerprint density at radius 1 is 1.31 bits per heavy atom. The average molecular weight is 282 g/mol. The molecule has 0 aliphatic rings. The van der Waals surface area contributed by atoms with E-state index in [1.807, 2.05) is 24.3 Å². The first-order valence-corrected chi connectivity index (χ1v) is 5.66. The molecule has 0 bridgehead atoms. The number of benzene rings is 1. The molecule has 84 valence electrons. The van der Waals surface area contributed by atoms with E-state index < -0.39 is 6.10 Å². The normalized spacial score (nSPS) is 12.4. The van der Waals surface area contributed by atoms with E-state index in [4.69, 9.17) is 4.74 Å². The van der Waals surface area contributed by atoms with Gasteiger partial charge in [0.1, 0.15) is 11.9 Å². The second-order valence-corrected chi connectivity index (χ2v) is 4.30. The van der Waals surface area contributed by atoms with E-state index in [0.29, 0.717) is 0 Å². The largest absolute Gasteiger partial charge is 0.496 e. The van der Waals surface area contributed by atoms with Crippen molar-refractivity contribution < 1.29 is 9.84 Å². The molecule has 1 atom stereocenters. The molecule has 1 unspecified atom stereocenters. The minimum atomic E-state index is -0.617. The fourth-order valence-electron chi connectivity index (χ4n) is 1.55. The van der Waals surface area contributed by atoms with Crippen LogP contribution in [0.3, 0.4) is 0 Å². The molecule has 2 N–H and O–H groups in total.